The van der Waals surface area contributed by atoms with Crippen molar-refractivity contribution >= 4 is 0 Å². The van der Waals surface area contributed by atoms with Crippen molar-refractivity contribution in [1.29, 1.82) is 0 Å². The summed E-state index contributed by atoms with van der Waals surface area (Å²) in [7, 11) is 0. The first kappa shape index (κ1) is 29.1. The SMILES string of the molecule is CCCCCCCCCCOc1ccc(-c2ccc(OC(CCCCCC)C(F)(F)F)cc2)cc1. The lowest BCUT2D eigenvalue weighted by molar-refractivity contribution is -0.197. The Bertz CT molecular complexity index is 785. The second-order valence-corrected chi connectivity index (χ2v) is 9.37. The zero-order chi connectivity index (χ0) is 25.4. The molecule has 0 fully saturated rings. The van der Waals surface area contributed by atoms with Gasteiger partial charge in [-0.3, -0.25) is 0 Å². The van der Waals surface area contributed by atoms with Gasteiger partial charge in [0.05, 0.1) is 6.61 Å². The van der Waals surface area contributed by atoms with Gasteiger partial charge in [0.25, 0.3) is 0 Å². The Morgan fingerprint density at radius 3 is 1.57 bits per heavy atom. The van der Waals surface area contributed by atoms with E-state index < -0.39 is 12.3 Å². The Labute approximate surface area is 210 Å². The summed E-state index contributed by atoms with van der Waals surface area (Å²) in [6, 6.07) is 14.7. The van der Waals surface area contributed by atoms with Gasteiger partial charge in [0.15, 0.2) is 6.10 Å². The fraction of sp³-hybridized carbons (Fsp3) is 0.600. The van der Waals surface area contributed by atoms with Gasteiger partial charge in [-0.25, -0.2) is 0 Å². The van der Waals surface area contributed by atoms with E-state index in [1.807, 2.05) is 31.2 Å². The summed E-state index contributed by atoms with van der Waals surface area (Å²) in [5.41, 5.74) is 1.92. The summed E-state index contributed by atoms with van der Waals surface area (Å²) in [5.74, 6) is 1.09. The third-order valence-electron chi connectivity index (χ3n) is 6.27. The van der Waals surface area contributed by atoms with Crippen molar-refractivity contribution in [3.8, 4) is 22.6 Å². The molecule has 0 aliphatic heterocycles. The van der Waals surface area contributed by atoms with Gasteiger partial charge in [-0.2, -0.15) is 13.2 Å². The maximum atomic E-state index is 13.4. The van der Waals surface area contributed by atoms with Crippen LogP contribution in [-0.2, 0) is 0 Å². The molecule has 1 atom stereocenters. The summed E-state index contributed by atoms with van der Waals surface area (Å²) in [4.78, 5) is 0. The molecule has 1 unspecified atom stereocenters. The highest BCUT2D eigenvalue weighted by Crippen LogP contribution is 2.30. The lowest BCUT2D eigenvalue weighted by Gasteiger charge is -2.22. The standard InChI is InChI=1S/C30H43F3O2/c1-3-5-7-9-10-11-12-14-24-34-27-20-16-25(17-21-27)26-18-22-28(23-19-26)35-29(30(31,32)33)15-13-8-6-4-2/h16-23,29H,3-15,24H2,1-2H3. The molecule has 0 radical (unpaired) electrons. The maximum Gasteiger partial charge on any atom is 0.425 e. The van der Waals surface area contributed by atoms with Gasteiger partial charge >= 0.3 is 6.18 Å². The molecule has 2 rings (SSSR count). The van der Waals surface area contributed by atoms with E-state index in [2.05, 4.69) is 6.92 Å². The van der Waals surface area contributed by atoms with Gasteiger partial charge in [0.2, 0.25) is 0 Å². The molecule has 0 bridgehead atoms. The number of rotatable bonds is 18. The molecule has 0 heterocycles. The topological polar surface area (TPSA) is 18.5 Å². The predicted octanol–water partition coefficient (Wildman–Crippen LogP) is 10.2. The number of hydrogen-bond acceptors (Lipinski definition) is 2. The molecule has 0 aliphatic rings. The van der Waals surface area contributed by atoms with Gasteiger partial charge in [0, 0.05) is 0 Å². The molecule has 2 aromatic rings. The Morgan fingerprint density at radius 2 is 1.06 bits per heavy atom. The van der Waals surface area contributed by atoms with Crippen LogP contribution in [0.2, 0.25) is 0 Å². The van der Waals surface area contributed by atoms with E-state index in [4.69, 9.17) is 9.47 Å². The van der Waals surface area contributed by atoms with Gasteiger partial charge in [0.1, 0.15) is 11.5 Å². The molecule has 196 valence electrons. The third kappa shape index (κ3) is 11.9. The van der Waals surface area contributed by atoms with Crippen molar-refractivity contribution in [3.63, 3.8) is 0 Å². The highest BCUT2D eigenvalue weighted by Gasteiger charge is 2.41. The van der Waals surface area contributed by atoms with Crippen LogP contribution in [0.15, 0.2) is 48.5 Å². The Kier molecular flexibility index (Phi) is 13.7. The van der Waals surface area contributed by atoms with Gasteiger partial charge in [-0.05, 0) is 54.7 Å². The number of alkyl halides is 3. The van der Waals surface area contributed by atoms with Crippen LogP contribution < -0.4 is 9.47 Å². The van der Waals surface area contributed by atoms with Crippen LogP contribution in [0.5, 0.6) is 11.5 Å². The molecule has 0 N–H and O–H groups in total. The maximum absolute atomic E-state index is 13.4. The Hall–Kier alpha value is -2.17. The second-order valence-electron chi connectivity index (χ2n) is 9.37. The van der Waals surface area contributed by atoms with E-state index in [9.17, 15) is 13.2 Å². The zero-order valence-corrected chi connectivity index (χ0v) is 21.5. The van der Waals surface area contributed by atoms with Crippen LogP contribution in [0, 0.1) is 0 Å². The molecule has 0 aromatic heterocycles. The molecule has 2 aromatic carbocycles. The minimum Gasteiger partial charge on any atom is -0.494 e. The summed E-state index contributed by atoms with van der Waals surface area (Å²) < 4.78 is 51.3. The van der Waals surface area contributed by atoms with E-state index in [1.54, 1.807) is 24.3 Å². The second kappa shape index (κ2) is 16.5. The average Bonchev–Trinajstić information content (AvgIpc) is 2.85. The highest BCUT2D eigenvalue weighted by molar-refractivity contribution is 5.64. The minimum atomic E-state index is -4.37. The molecule has 0 saturated carbocycles. The van der Waals surface area contributed by atoms with Gasteiger partial charge < -0.3 is 9.47 Å². The summed E-state index contributed by atoms with van der Waals surface area (Å²) in [6.45, 7) is 5.00. The van der Waals surface area contributed by atoms with Crippen molar-refractivity contribution in [1.82, 2.24) is 0 Å². The van der Waals surface area contributed by atoms with E-state index in [0.29, 0.717) is 6.42 Å². The van der Waals surface area contributed by atoms with Crippen LogP contribution >= 0.6 is 0 Å². The molecule has 0 aliphatic carbocycles. The molecule has 2 nitrogen and oxygen atoms in total. The van der Waals surface area contributed by atoms with Crippen molar-refractivity contribution in [3.05, 3.63) is 48.5 Å². The van der Waals surface area contributed by atoms with Crippen molar-refractivity contribution in [2.45, 2.75) is 110 Å². The number of benzene rings is 2. The largest absolute Gasteiger partial charge is 0.494 e. The van der Waals surface area contributed by atoms with E-state index in [0.717, 1.165) is 49.2 Å². The van der Waals surface area contributed by atoms with Crippen LogP contribution in [-0.4, -0.2) is 18.9 Å². The molecule has 0 spiro atoms. The van der Waals surface area contributed by atoms with E-state index in [1.165, 1.54) is 44.9 Å². The fourth-order valence-corrected chi connectivity index (χ4v) is 4.11. The first-order valence-electron chi connectivity index (χ1n) is 13.5. The Morgan fingerprint density at radius 1 is 0.600 bits per heavy atom. The summed E-state index contributed by atoms with van der Waals surface area (Å²) in [6.07, 6.45) is 7.28. The molecule has 0 saturated heterocycles. The first-order valence-corrected chi connectivity index (χ1v) is 13.5. The Balaban J connectivity index is 1.77. The molecule has 35 heavy (non-hydrogen) atoms. The van der Waals surface area contributed by atoms with Crippen molar-refractivity contribution in [2.24, 2.45) is 0 Å². The fourth-order valence-electron chi connectivity index (χ4n) is 4.11. The number of ether oxygens (including phenoxy) is 2. The molecular weight excluding hydrogens is 449 g/mol. The molecular formula is C30H43F3O2. The van der Waals surface area contributed by atoms with Crippen LogP contribution in [0.4, 0.5) is 13.2 Å². The molecule has 5 heteroatoms. The van der Waals surface area contributed by atoms with E-state index >= 15 is 0 Å². The smallest absolute Gasteiger partial charge is 0.425 e. The summed E-state index contributed by atoms with van der Waals surface area (Å²) >= 11 is 0. The van der Waals surface area contributed by atoms with Gasteiger partial charge in [-0.15, -0.1) is 0 Å². The number of hydrogen-bond donors (Lipinski definition) is 0. The first-order chi connectivity index (χ1) is 16.9. The number of halogens is 3. The minimum absolute atomic E-state index is 0.00826. The van der Waals surface area contributed by atoms with Gasteiger partial charge in [-0.1, -0.05) is 102 Å². The lowest BCUT2D eigenvalue weighted by Crippen LogP contribution is -2.34. The van der Waals surface area contributed by atoms with Crippen LogP contribution in [0.1, 0.15) is 97.3 Å². The zero-order valence-electron chi connectivity index (χ0n) is 21.5. The quantitative estimate of drug-likeness (QED) is 0.193. The average molecular weight is 493 g/mol. The predicted molar refractivity (Wildman–Crippen MR) is 139 cm³/mol. The normalized spacial score (nSPS) is 12.5. The van der Waals surface area contributed by atoms with Crippen molar-refractivity contribution < 1.29 is 22.6 Å². The van der Waals surface area contributed by atoms with E-state index in [-0.39, 0.29) is 12.2 Å². The van der Waals surface area contributed by atoms with Crippen molar-refractivity contribution in [2.75, 3.05) is 6.61 Å². The third-order valence-corrected chi connectivity index (χ3v) is 6.27. The molecule has 0 amide bonds. The monoisotopic (exact) mass is 492 g/mol. The lowest BCUT2D eigenvalue weighted by atomic mass is 10.1. The van der Waals surface area contributed by atoms with Crippen LogP contribution in [0.25, 0.3) is 11.1 Å². The number of unbranched alkanes of at least 4 members (excludes halogenated alkanes) is 10. The summed E-state index contributed by atoms with van der Waals surface area (Å²) in [5, 5.41) is 0. The highest BCUT2D eigenvalue weighted by atomic mass is 19.4. The van der Waals surface area contributed by atoms with Crippen LogP contribution in [0.3, 0.4) is 0 Å².